The van der Waals surface area contributed by atoms with Gasteiger partial charge in [-0.25, -0.2) is 4.79 Å². The monoisotopic (exact) mass is 364 g/mol. The fourth-order valence-electron chi connectivity index (χ4n) is 2.82. The molecule has 0 unspecified atom stereocenters. The SMILES string of the molecule is Cc1cccc(N(C)C(=O)[C@H]2N(C(=O)OC(C)(C)C)CSC2(C)C)c1. The minimum absolute atomic E-state index is 0.105. The zero-order chi connectivity index (χ0) is 19.0. The van der Waals surface area contributed by atoms with Crippen LogP contribution in [0.4, 0.5) is 10.5 Å². The maximum Gasteiger partial charge on any atom is 0.411 e. The molecule has 0 radical (unpaired) electrons. The molecule has 1 heterocycles. The molecule has 1 aromatic carbocycles. The van der Waals surface area contributed by atoms with Gasteiger partial charge in [-0.2, -0.15) is 0 Å². The number of ether oxygens (including phenoxy) is 1. The number of anilines is 1. The molecule has 0 spiro atoms. The van der Waals surface area contributed by atoms with E-state index in [9.17, 15) is 9.59 Å². The number of rotatable bonds is 2. The standard InChI is InChI=1S/C19H28N2O3S/c1-13-9-8-10-14(11-13)20(7)16(22)15-19(5,6)25-12-21(15)17(23)24-18(2,3)4/h8-11,15H,12H2,1-7H3/t15-/m1/s1. The molecule has 0 saturated carbocycles. The van der Waals surface area contributed by atoms with E-state index in [1.54, 1.807) is 28.6 Å². The Kier molecular flexibility index (Phi) is 5.42. The Bertz CT molecular complexity index is 667. The summed E-state index contributed by atoms with van der Waals surface area (Å²) in [5.41, 5.74) is 1.31. The van der Waals surface area contributed by atoms with E-state index in [0.717, 1.165) is 11.3 Å². The number of likely N-dealkylation sites (N-methyl/N-ethyl adjacent to an activating group) is 1. The molecule has 1 aliphatic rings. The van der Waals surface area contributed by atoms with Crippen molar-refractivity contribution in [2.24, 2.45) is 0 Å². The third-order valence-corrected chi connectivity index (χ3v) is 5.50. The summed E-state index contributed by atoms with van der Waals surface area (Å²) in [5.74, 6) is 0.339. The molecule has 0 aliphatic carbocycles. The van der Waals surface area contributed by atoms with Crippen molar-refractivity contribution < 1.29 is 14.3 Å². The van der Waals surface area contributed by atoms with Crippen LogP contribution in [0.1, 0.15) is 40.2 Å². The molecule has 0 N–H and O–H groups in total. The van der Waals surface area contributed by atoms with Gasteiger partial charge in [0.25, 0.3) is 5.91 Å². The molecule has 2 rings (SSSR count). The van der Waals surface area contributed by atoms with E-state index in [4.69, 9.17) is 4.74 Å². The van der Waals surface area contributed by atoms with Gasteiger partial charge in [0.05, 0.1) is 5.88 Å². The molecule has 1 aliphatic heterocycles. The molecule has 1 fully saturated rings. The molecule has 1 aromatic rings. The summed E-state index contributed by atoms with van der Waals surface area (Å²) in [5, 5.41) is 0. The van der Waals surface area contributed by atoms with Gasteiger partial charge >= 0.3 is 6.09 Å². The van der Waals surface area contributed by atoms with Gasteiger partial charge in [-0.05, 0) is 59.2 Å². The predicted molar refractivity (Wildman–Crippen MR) is 103 cm³/mol. The zero-order valence-electron chi connectivity index (χ0n) is 16.1. The van der Waals surface area contributed by atoms with Crippen molar-refractivity contribution in [1.29, 1.82) is 0 Å². The summed E-state index contributed by atoms with van der Waals surface area (Å²) in [7, 11) is 1.75. The second-order valence-electron chi connectivity index (χ2n) is 7.97. The van der Waals surface area contributed by atoms with E-state index >= 15 is 0 Å². The van der Waals surface area contributed by atoms with Crippen molar-refractivity contribution in [1.82, 2.24) is 4.90 Å². The Morgan fingerprint density at radius 1 is 1.32 bits per heavy atom. The van der Waals surface area contributed by atoms with Crippen LogP contribution in [0.15, 0.2) is 24.3 Å². The first kappa shape index (κ1) is 19.6. The molecule has 25 heavy (non-hydrogen) atoms. The molecule has 0 aromatic heterocycles. The van der Waals surface area contributed by atoms with E-state index in [2.05, 4.69) is 0 Å². The van der Waals surface area contributed by atoms with Crippen LogP contribution in [0.2, 0.25) is 0 Å². The molecule has 138 valence electrons. The van der Waals surface area contributed by atoms with Crippen LogP contribution in [0, 0.1) is 6.92 Å². The molecule has 1 atom stereocenters. The van der Waals surface area contributed by atoms with Crippen molar-refractivity contribution in [3.63, 3.8) is 0 Å². The summed E-state index contributed by atoms with van der Waals surface area (Å²) >= 11 is 1.59. The number of benzene rings is 1. The summed E-state index contributed by atoms with van der Waals surface area (Å²) in [6, 6.07) is 7.21. The Morgan fingerprint density at radius 3 is 2.52 bits per heavy atom. The molecular weight excluding hydrogens is 336 g/mol. The van der Waals surface area contributed by atoms with Crippen LogP contribution in [0.5, 0.6) is 0 Å². The van der Waals surface area contributed by atoms with Gasteiger partial charge in [-0.1, -0.05) is 12.1 Å². The average Bonchev–Trinajstić information content (AvgIpc) is 2.79. The van der Waals surface area contributed by atoms with Crippen molar-refractivity contribution in [2.75, 3.05) is 17.8 Å². The van der Waals surface area contributed by atoms with E-state index in [1.807, 2.05) is 65.8 Å². The Balaban J connectivity index is 2.28. The molecule has 0 bridgehead atoms. The summed E-state index contributed by atoms with van der Waals surface area (Å²) in [6.07, 6.45) is -0.443. The average molecular weight is 365 g/mol. The second-order valence-corrected chi connectivity index (χ2v) is 9.56. The van der Waals surface area contributed by atoms with Crippen molar-refractivity contribution >= 4 is 29.4 Å². The van der Waals surface area contributed by atoms with Crippen LogP contribution in [-0.2, 0) is 9.53 Å². The lowest BCUT2D eigenvalue weighted by Crippen LogP contribution is -2.54. The summed E-state index contributed by atoms with van der Waals surface area (Å²) < 4.78 is 5.12. The minimum Gasteiger partial charge on any atom is -0.444 e. The smallest absolute Gasteiger partial charge is 0.411 e. The third kappa shape index (κ3) is 4.48. The Hall–Kier alpha value is -1.69. The first-order valence-corrected chi connectivity index (χ1v) is 9.39. The van der Waals surface area contributed by atoms with Gasteiger partial charge in [0.1, 0.15) is 11.6 Å². The van der Waals surface area contributed by atoms with Gasteiger partial charge in [0.2, 0.25) is 0 Å². The van der Waals surface area contributed by atoms with Gasteiger partial charge in [-0.15, -0.1) is 11.8 Å². The highest BCUT2D eigenvalue weighted by Gasteiger charge is 2.50. The predicted octanol–water partition coefficient (Wildman–Crippen LogP) is 4.05. The fraction of sp³-hybridized carbons (Fsp3) is 0.579. The molecule has 5 nitrogen and oxygen atoms in total. The number of carbonyl (C=O) groups is 2. The largest absolute Gasteiger partial charge is 0.444 e. The number of thioether (sulfide) groups is 1. The first-order chi connectivity index (χ1) is 11.4. The highest BCUT2D eigenvalue weighted by Crippen LogP contribution is 2.41. The van der Waals surface area contributed by atoms with Crippen molar-refractivity contribution in [3.05, 3.63) is 29.8 Å². The van der Waals surface area contributed by atoms with E-state index in [-0.39, 0.29) is 10.7 Å². The van der Waals surface area contributed by atoms with Crippen LogP contribution >= 0.6 is 11.8 Å². The first-order valence-electron chi connectivity index (χ1n) is 8.40. The van der Waals surface area contributed by atoms with Gasteiger partial charge in [0.15, 0.2) is 0 Å². The van der Waals surface area contributed by atoms with Gasteiger partial charge < -0.3 is 9.64 Å². The second kappa shape index (κ2) is 6.90. The molecule has 2 amide bonds. The maximum atomic E-state index is 13.2. The van der Waals surface area contributed by atoms with E-state index < -0.39 is 17.7 Å². The van der Waals surface area contributed by atoms with Crippen molar-refractivity contribution in [3.8, 4) is 0 Å². The van der Waals surface area contributed by atoms with Gasteiger partial charge in [0, 0.05) is 17.5 Å². The highest BCUT2D eigenvalue weighted by atomic mass is 32.2. The number of aryl methyl sites for hydroxylation is 1. The topological polar surface area (TPSA) is 49.9 Å². The summed E-state index contributed by atoms with van der Waals surface area (Å²) in [4.78, 5) is 29.0. The fourth-order valence-corrected chi connectivity index (χ4v) is 3.93. The molecule has 1 saturated heterocycles. The van der Waals surface area contributed by atoms with Crippen LogP contribution in [-0.4, -0.2) is 46.2 Å². The molecule has 6 heteroatoms. The zero-order valence-corrected chi connectivity index (χ0v) is 16.9. The minimum atomic E-state index is -0.593. The summed E-state index contributed by atoms with van der Waals surface area (Å²) in [6.45, 7) is 11.5. The van der Waals surface area contributed by atoms with Crippen LogP contribution < -0.4 is 4.90 Å². The number of carbonyl (C=O) groups excluding carboxylic acids is 2. The van der Waals surface area contributed by atoms with Gasteiger partial charge in [-0.3, -0.25) is 9.69 Å². The van der Waals surface area contributed by atoms with Crippen molar-refractivity contribution in [2.45, 2.75) is 57.9 Å². The lowest BCUT2D eigenvalue weighted by atomic mass is 10.0. The lowest BCUT2D eigenvalue weighted by molar-refractivity contribution is -0.123. The number of amides is 2. The Labute approximate surface area is 154 Å². The maximum absolute atomic E-state index is 13.2. The lowest BCUT2D eigenvalue weighted by Gasteiger charge is -2.34. The highest BCUT2D eigenvalue weighted by molar-refractivity contribution is 8.00. The number of hydrogen-bond donors (Lipinski definition) is 0. The van der Waals surface area contributed by atoms with E-state index in [0.29, 0.717) is 5.88 Å². The third-order valence-electron chi connectivity index (χ3n) is 4.13. The van der Waals surface area contributed by atoms with E-state index in [1.165, 1.54) is 0 Å². The van der Waals surface area contributed by atoms with Crippen LogP contribution in [0.3, 0.4) is 0 Å². The Morgan fingerprint density at radius 2 is 1.96 bits per heavy atom. The quantitative estimate of drug-likeness (QED) is 0.794. The number of hydrogen-bond acceptors (Lipinski definition) is 4. The number of nitrogens with zero attached hydrogens (tertiary/aromatic N) is 2. The normalized spacial score (nSPS) is 19.6. The molecular formula is C19H28N2O3S. The van der Waals surface area contributed by atoms with Crippen LogP contribution in [0.25, 0.3) is 0 Å².